The van der Waals surface area contributed by atoms with Crippen molar-refractivity contribution in [3.8, 4) is 11.5 Å². The molecular formula is C20H16N2O5S. The van der Waals surface area contributed by atoms with Gasteiger partial charge in [0.05, 0.1) is 29.8 Å². The number of amides is 1. The molecular weight excluding hydrogens is 380 g/mol. The molecule has 0 radical (unpaired) electrons. The highest BCUT2D eigenvalue weighted by Gasteiger charge is 2.14. The summed E-state index contributed by atoms with van der Waals surface area (Å²) in [6.07, 6.45) is 0. The average Bonchev–Trinajstić information content (AvgIpc) is 3.01. The second-order valence-electron chi connectivity index (χ2n) is 6.01. The number of hydrogen-bond donors (Lipinski definition) is 0. The molecule has 1 amide bonds. The smallest absolute Gasteiger partial charge is 0.315 e. The highest BCUT2D eigenvalue weighted by molar-refractivity contribution is 7.16. The maximum absolute atomic E-state index is 12.6. The van der Waals surface area contributed by atoms with E-state index in [1.54, 1.807) is 50.1 Å². The number of rotatable bonds is 3. The number of carbonyl (C=O) groups is 1. The maximum Gasteiger partial charge on any atom is 0.315 e. The fourth-order valence-corrected chi connectivity index (χ4v) is 3.94. The number of fused-ring (bicyclic) bond motifs is 2. The summed E-state index contributed by atoms with van der Waals surface area (Å²) in [6, 6.07) is 11.6. The van der Waals surface area contributed by atoms with Crippen LogP contribution >= 0.6 is 11.3 Å². The number of carbonyl (C=O) groups excluding carboxylic acids is 1. The lowest BCUT2D eigenvalue weighted by molar-refractivity contribution is 0.0972. The summed E-state index contributed by atoms with van der Waals surface area (Å²) in [7, 11) is 4.92. The fraction of sp³-hybridized carbons (Fsp3) is 0.150. The summed E-state index contributed by atoms with van der Waals surface area (Å²) < 4.78 is 18.9. The highest BCUT2D eigenvalue weighted by atomic mass is 32.1. The van der Waals surface area contributed by atoms with Crippen molar-refractivity contribution in [2.24, 2.45) is 12.0 Å². The molecule has 0 aliphatic rings. The molecule has 0 N–H and O–H groups in total. The number of thiazole rings is 1. The molecule has 7 nitrogen and oxygen atoms in total. The summed E-state index contributed by atoms with van der Waals surface area (Å²) >= 11 is 1.32. The van der Waals surface area contributed by atoms with Crippen LogP contribution in [0.2, 0.25) is 0 Å². The van der Waals surface area contributed by atoms with Crippen LogP contribution in [-0.4, -0.2) is 24.7 Å². The Balaban J connectivity index is 1.84. The number of nitrogens with zero attached hydrogens (tertiary/aromatic N) is 2. The molecule has 0 unspecified atom stereocenters. The van der Waals surface area contributed by atoms with Crippen molar-refractivity contribution in [2.45, 2.75) is 0 Å². The van der Waals surface area contributed by atoms with Gasteiger partial charge in [0.15, 0.2) is 27.5 Å². The minimum absolute atomic E-state index is 0.101. The number of hydrogen-bond acceptors (Lipinski definition) is 6. The largest absolute Gasteiger partial charge is 0.493 e. The molecule has 0 bridgehead atoms. The van der Waals surface area contributed by atoms with Crippen molar-refractivity contribution in [1.29, 1.82) is 0 Å². The van der Waals surface area contributed by atoms with E-state index in [0.29, 0.717) is 27.3 Å². The number of aromatic nitrogens is 1. The number of ether oxygens (including phenoxy) is 2. The molecule has 0 saturated carbocycles. The average molecular weight is 396 g/mol. The van der Waals surface area contributed by atoms with Gasteiger partial charge in [-0.05, 0) is 12.1 Å². The van der Waals surface area contributed by atoms with Gasteiger partial charge in [-0.3, -0.25) is 9.59 Å². The summed E-state index contributed by atoms with van der Waals surface area (Å²) in [4.78, 5) is 29.5. The van der Waals surface area contributed by atoms with Crippen LogP contribution in [0.4, 0.5) is 0 Å². The molecule has 0 aliphatic carbocycles. The third-order valence-electron chi connectivity index (χ3n) is 4.36. The van der Waals surface area contributed by atoms with Crippen LogP contribution in [0.3, 0.4) is 0 Å². The Kier molecular flexibility index (Phi) is 4.48. The fourth-order valence-electron chi connectivity index (χ4n) is 2.91. The predicted molar refractivity (Wildman–Crippen MR) is 106 cm³/mol. The van der Waals surface area contributed by atoms with Gasteiger partial charge >= 0.3 is 5.91 Å². The number of para-hydroxylation sites is 1. The number of benzene rings is 2. The number of methoxy groups -OCH3 is 2. The monoisotopic (exact) mass is 396 g/mol. The van der Waals surface area contributed by atoms with Gasteiger partial charge < -0.3 is 18.5 Å². The Morgan fingerprint density at radius 1 is 1.11 bits per heavy atom. The topological polar surface area (TPSA) is 83.0 Å². The maximum atomic E-state index is 12.6. The first-order valence-corrected chi connectivity index (χ1v) is 9.17. The molecule has 0 atom stereocenters. The highest BCUT2D eigenvalue weighted by Crippen LogP contribution is 2.33. The standard InChI is InChI=1S/C20H16N2O5S/c1-22-12-8-15(25-2)16(26-3)10-18(12)28-20(22)21-19(24)17-9-13(23)11-6-4-5-7-14(11)27-17/h4-10H,1-3H3. The van der Waals surface area contributed by atoms with Crippen molar-refractivity contribution in [2.75, 3.05) is 14.2 Å². The first-order valence-electron chi connectivity index (χ1n) is 8.35. The van der Waals surface area contributed by atoms with Gasteiger partial charge in [-0.15, -0.1) is 0 Å². The molecule has 4 aromatic rings. The quantitative estimate of drug-likeness (QED) is 0.531. The summed E-state index contributed by atoms with van der Waals surface area (Å²) in [6.45, 7) is 0. The van der Waals surface area contributed by atoms with E-state index in [4.69, 9.17) is 13.9 Å². The van der Waals surface area contributed by atoms with E-state index in [9.17, 15) is 9.59 Å². The minimum atomic E-state index is -0.621. The second kappa shape index (κ2) is 6.97. The number of aryl methyl sites for hydroxylation is 1. The van der Waals surface area contributed by atoms with E-state index in [1.807, 2.05) is 12.1 Å². The Bertz CT molecular complexity index is 1350. The molecule has 0 spiro atoms. The molecule has 2 aromatic heterocycles. The lowest BCUT2D eigenvalue weighted by atomic mass is 10.2. The summed E-state index contributed by atoms with van der Waals surface area (Å²) in [5.41, 5.74) is 0.911. The molecule has 2 heterocycles. The lowest BCUT2D eigenvalue weighted by Crippen LogP contribution is -2.14. The van der Waals surface area contributed by atoms with Gasteiger partial charge in [0.25, 0.3) is 0 Å². The van der Waals surface area contributed by atoms with Crippen molar-refractivity contribution in [1.82, 2.24) is 4.57 Å². The van der Waals surface area contributed by atoms with Crippen LogP contribution in [0, 0.1) is 0 Å². The first kappa shape index (κ1) is 18.0. The van der Waals surface area contributed by atoms with Gasteiger partial charge in [0, 0.05) is 25.2 Å². The van der Waals surface area contributed by atoms with Gasteiger partial charge in [0.2, 0.25) is 0 Å². The Morgan fingerprint density at radius 2 is 1.82 bits per heavy atom. The van der Waals surface area contributed by atoms with E-state index < -0.39 is 5.91 Å². The van der Waals surface area contributed by atoms with E-state index in [-0.39, 0.29) is 11.2 Å². The van der Waals surface area contributed by atoms with Crippen molar-refractivity contribution >= 4 is 38.4 Å². The zero-order chi connectivity index (χ0) is 19.8. The zero-order valence-electron chi connectivity index (χ0n) is 15.4. The van der Waals surface area contributed by atoms with Gasteiger partial charge in [-0.1, -0.05) is 23.5 Å². The third-order valence-corrected chi connectivity index (χ3v) is 5.45. The van der Waals surface area contributed by atoms with Crippen LogP contribution in [0.5, 0.6) is 11.5 Å². The lowest BCUT2D eigenvalue weighted by Gasteiger charge is -2.07. The summed E-state index contributed by atoms with van der Waals surface area (Å²) in [5.74, 6) is 0.456. The van der Waals surface area contributed by atoms with Gasteiger partial charge in [0.1, 0.15) is 5.58 Å². The Labute approximate surface area is 163 Å². The van der Waals surface area contributed by atoms with E-state index in [0.717, 1.165) is 10.2 Å². The van der Waals surface area contributed by atoms with Crippen LogP contribution in [0.15, 0.2) is 56.7 Å². The molecule has 0 fully saturated rings. The molecule has 28 heavy (non-hydrogen) atoms. The van der Waals surface area contributed by atoms with E-state index in [1.165, 1.54) is 17.4 Å². The Hall–Kier alpha value is -3.39. The van der Waals surface area contributed by atoms with Crippen LogP contribution < -0.4 is 19.7 Å². The van der Waals surface area contributed by atoms with Crippen LogP contribution in [0.25, 0.3) is 21.2 Å². The second-order valence-corrected chi connectivity index (χ2v) is 7.02. The Morgan fingerprint density at radius 3 is 2.57 bits per heavy atom. The molecule has 142 valence electrons. The molecule has 2 aromatic carbocycles. The third kappa shape index (κ3) is 2.97. The zero-order valence-corrected chi connectivity index (χ0v) is 16.2. The van der Waals surface area contributed by atoms with Crippen molar-refractivity contribution in [3.05, 3.63) is 63.2 Å². The van der Waals surface area contributed by atoms with Crippen LogP contribution in [0.1, 0.15) is 10.6 Å². The predicted octanol–water partition coefficient (Wildman–Crippen LogP) is 3.10. The summed E-state index contributed by atoms with van der Waals surface area (Å²) in [5, 5.41) is 0.422. The molecule has 4 rings (SSSR count). The molecule has 8 heteroatoms. The van der Waals surface area contributed by atoms with Crippen LogP contribution in [-0.2, 0) is 7.05 Å². The van der Waals surface area contributed by atoms with Crippen molar-refractivity contribution in [3.63, 3.8) is 0 Å². The molecule has 0 saturated heterocycles. The van der Waals surface area contributed by atoms with Gasteiger partial charge in [-0.25, -0.2) is 0 Å². The minimum Gasteiger partial charge on any atom is -0.493 e. The van der Waals surface area contributed by atoms with E-state index in [2.05, 4.69) is 4.99 Å². The molecule has 0 aliphatic heterocycles. The normalized spacial score (nSPS) is 11.9. The SMILES string of the molecule is COc1cc2sc(=NC(=O)c3cc(=O)c4ccccc4o3)n(C)c2cc1OC. The first-order chi connectivity index (χ1) is 13.5. The van der Waals surface area contributed by atoms with Crippen molar-refractivity contribution < 1.29 is 18.7 Å². The van der Waals surface area contributed by atoms with Gasteiger partial charge in [-0.2, -0.15) is 4.99 Å². The van der Waals surface area contributed by atoms with E-state index >= 15 is 0 Å².